The standard InChI is InChI=1S/C21H34N4O3/c1-6-22-19(23-12-13-24-20(26)28-21(2,3)4)25-14-11-17(15-25)16-7-9-18(27-5)10-8-16/h7-10,17H,6,11-15H2,1-5H3,(H,22,23)(H,24,26). The maximum Gasteiger partial charge on any atom is 0.407 e. The second kappa shape index (κ2) is 10.2. The van der Waals surface area contributed by atoms with Crippen LogP contribution in [-0.4, -0.2) is 62.4 Å². The van der Waals surface area contributed by atoms with Crippen LogP contribution in [0, 0.1) is 0 Å². The summed E-state index contributed by atoms with van der Waals surface area (Å²) in [5, 5.41) is 6.10. The molecule has 0 spiro atoms. The van der Waals surface area contributed by atoms with E-state index in [0.717, 1.165) is 37.8 Å². The summed E-state index contributed by atoms with van der Waals surface area (Å²) in [7, 11) is 1.68. The summed E-state index contributed by atoms with van der Waals surface area (Å²) in [5.74, 6) is 2.25. The number of carbonyl (C=O) groups excluding carboxylic acids is 1. The van der Waals surface area contributed by atoms with Crippen LogP contribution >= 0.6 is 0 Å². The number of alkyl carbamates (subject to hydrolysis) is 1. The van der Waals surface area contributed by atoms with Crippen molar-refractivity contribution in [2.45, 2.75) is 45.6 Å². The predicted molar refractivity (Wildman–Crippen MR) is 112 cm³/mol. The number of amides is 1. The fourth-order valence-electron chi connectivity index (χ4n) is 3.16. The lowest BCUT2D eigenvalue weighted by atomic mass is 9.98. The van der Waals surface area contributed by atoms with Gasteiger partial charge in [-0.2, -0.15) is 0 Å². The highest BCUT2D eigenvalue weighted by Gasteiger charge is 2.26. The highest BCUT2D eigenvalue weighted by molar-refractivity contribution is 5.80. The Morgan fingerprint density at radius 1 is 1.25 bits per heavy atom. The first-order valence-electron chi connectivity index (χ1n) is 9.96. The molecule has 1 aromatic rings. The van der Waals surface area contributed by atoms with Crippen molar-refractivity contribution in [3.05, 3.63) is 29.8 Å². The van der Waals surface area contributed by atoms with Crippen molar-refractivity contribution in [1.29, 1.82) is 0 Å². The second-order valence-electron chi connectivity index (χ2n) is 7.87. The Labute approximate surface area is 168 Å². The SMILES string of the molecule is CCNC(=NCCNC(=O)OC(C)(C)C)N1CCC(c2ccc(OC)cc2)C1. The number of aliphatic imine (C=N–C) groups is 1. The zero-order valence-corrected chi connectivity index (χ0v) is 17.7. The molecule has 0 aromatic heterocycles. The summed E-state index contributed by atoms with van der Waals surface area (Å²) < 4.78 is 10.5. The second-order valence-corrected chi connectivity index (χ2v) is 7.87. The lowest BCUT2D eigenvalue weighted by molar-refractivity contribution is 0.0529. The van der Waals surface area contributed by atoms with Gasteiger partial charge in [-0.1, -0.05) is 12.1 Å². The van der Waals surface area contributed by atoms with Crippen LogP contribution in [0.3, 0.4) is 0 Å². The zero-order valence-electron chi connectivity index (χ0n) is 17.7. The molecule has 1 amide bonds. The van der Waals surface area contributed by atoms with Crippen LogP contribution in [0.25, 0.3) is 0 Å². The molecule has 1 atom stereocenters. The molecule has 2 rings (SSSR count). The van der Waals surface area contributed by atoms with E-state index in [-0.39, 0.29) is 0 Å². The number of rotatable bonds is 6. The zero-order chi connectivity index (χ0) is 20.6. The molecule has 1 fully saturated rings. The number of nitrogens with zero attached hydrogens (tertiary/aromatic N) is 2. The fraction of sp³-hybridized carbons (Fsp3) is 0.619. The Balaban J connectivity index is 1.87. The van der Waals surface area contributed by atoms with Crippen LogP contribution in [-0.2, 0) is 4.74 Å². The van der Waals surface area contributed by atoms with Crippen molar-refractivity contribution in [3.8, 4) is 5.75 Å². The molecule has 7 nitrogen and oxygen atoms in total. The van der Waals surface area contributed by atoms with Crippen molar-refractivity contribution >= 4 is 12.1 Å². The van der Waals surface area contributed by atoms with E-state index in [2.05, 4.69) is 39.6 Å². The molecular formula is C21H34N4O3. The highest BCUT2D eigenvalue weighted by Crippen LogP contribution is 2.28. The number of nitrogens with one attached hydrogen (secondary N) is 2. The summed E-state index contributed by atoms with van der Waals surface area (Å²) in [6.45, 7) is 11.2. The van der Waals surface area contributed by atoms with Crippen LogP contribution < -0.4 is 15.4 Å². The molecule has 156 valence electrons. The predicted octanol–water partition coefficient (Wildman–Crippen LogP) is 2.97. The lowest BCUT2D eigenvalue weighted by Crippen LogP contribution is -2.40. The minimum Gasteiger partial charge on any atom is -0.497 e. The third-order valence-corrected chi connectivity index (χ3v) is 4.45. The lowest BCUT2D eigenvalue weighted by Gasteiger charge is -2.22. The minimum atomic E-state index is -0.492. The van der Waals surface area contributed by atoms with Gasteiger partial charge >= 0.3 is 6.09 Å². The molecule has 0 saturated carbocycles. The maximum atomic E-state index is 11.7. The Hall–Kier alpha value is -2.44. The fourth-order valence-corrected chi connectivity index (χ4v) is 3.16. The number of ether oxygens (including phenoxy) is 2. The minimum absolute atomic E-state index is 0.409. The molecule has 2 N–H and O–H groups in total. The van der Waals surface area contributed by atoms with Gasteiger partial charge in [0.25, 0.3) is 0 Å². The van der Waals surface area contributed by atoms with Gasteiger partial charge in [0.1, 0.15) is 11.4 Å². The number of hydrogen-bond donors (Lipinski definition) is 2. The van der Waals surface area contributed by atoms with Gasteiger partial charge in [0.2, 0.25) is 0 Å². The molecule has 7 heteroatoms. The number of carbonyl (C=O) groups is 1. The van der Waals surface area contributed by atoms with Crippen molar-refractivity contribution in [3.63, 3.8) is 0 Å². The van der Waals surface area contributed by atoms with Gasteiger partial charge in [0.15, 0.2) is 5.96 Å². The van der Waals surface area contributed by atoms with E-state index in [1.165, 1.54) is 5.56 Å². The van der Waals surface area contributed by atoms with Crippen molar-refractivity contribution in [2.75, 3.05) is 39.8 Å². The number of benzene rings is 1. The third kappa shape index (κ3) is 6.94. The third-order valence-electron chi connectivity index (χ3n) is 4.45. The van der Waals surface area contributed by atoms with Crippen molar-refractivity contribution < 1.29 is 14.3 Å². The Morgan fingerprint density at radius 3 is 2.57 bits per heavy atom. The van der Waals surface area contributed by atoms with E-state index in [4.69, 9.17) is 9.47 Å². The van der Waals surface area contributed by atoms with Crippen LogP contribution in [0.1, 0.15) is 45.6 Å². The number of likely N-dealkylation sites (tertiary alicyclic amines) is 1. The molecule has 1 aliphatic heterocycles. The summed E-state index contributed by atoms with van der Waals surface area (Å²) in [4.78, 5) is 18.7. The molecule has 1 aliphatic rings. The van der Waals surface area contributed by atoms with E-state index >= 15 is 0 Å². The molecule has 0 bridgehead atoms. The van der Waals surface area contributed by atoms with E-state index in [1.807, 2.05) is 32.9 Å². The average molecular weight is 391 g/mol. The van der Waals surface area contributed by atoms with Gasteiger partial charge in [-0.05, 0) is 51.8 Å². The van der Waals surface area contributed by atoms with E-state index in [1.54, 1.807) is 7.11 Å². The highest BCUT2D eigenvalue weighted by atomic mass is 16.6. The normalized spacial score (nSPS) is 17.4. The Bertz CT molecular complexity index is 653. The van der Waals surface area contributed by atoms with E-state index < -0.39 is 11.7 Å². The molecule has 0 aliphatic carbocycles. The topological polar surface area (TPSA) is 75.2 Å². The quantitative estimate of drug-likeness (QED) is 0.444. The average Bonchev–Trinajstić information content (AvgIpc) is 3.13. The van der Waals surface area contributed by atoms with Gasteiger partial charge in [-0.25, -0.2) is 4.79 Å². The molecule has 0 radical (unpaired) electrons. The van der Waals surface area contributed by atoms with E-state index in [0.29, 0.717) is 19.0 Å². The van der Waals surface area contributed by atoms with Crippen LogP contribution in [0.4, 0.5) is 4.79 Å². The molecule has 1 unspecified atom stereocenters. The smallest absolute Gasteiger partial charge is 0.407 e. The van der Waals surface area contributed by atoms with Crippen LogP contribution in [0.15, 0.2) is 29.3 Å². The van der Waals surface area contributed by atoms with Crippen LogP contribution in [0.5, 0.6) is 5.75 Å². The summed E-state index contributed by atoms with van der Waals surface area (Å²) in [6, 6.07) is 8.31. The van der Waals surface area contributed by atoms with Gasteiger partial charge in [-0.15, -0.1) is 0 Å². The molecule has 1 saturated heterocycles. The first-order valence-corrected chi connectivity index (χ1v) is 9.96. The Kier molecular flexibility index (Phi) is 7.96. The molecule has 1 heterocycles. The van der Waals surface area contributed by atoms with Crippen molar-refractivity contribution in [2.24, 2.45) is 4.99 Å². The molecular weight excluding hydrogens is 356 g/mol. The summed E-state index contributed by atoms with van der Waals surface area (Å²) >= 11 is 0. The largest absolute Gasteiger partial charge is 0.497 e. The van der Waals surface area contributed by atoms with Gasteiger partial charge in [-0.3, -0.25) is 4.99 Å². The van der Waals surface area contributed by atoms with Gasteiger partial charge in [0.05, 0.1) is 13.7 Å². The number of hydrogen-bond acceptors (Lipinski definition) is 4. The molecule has 1 aromatic carbocycles. The number of guanidine groups is 1. The Morgan fingerprint density at radius 2 is 1.96 bits per heavy atom. The summed E-state index contributed by atoms with van der Waals surface area (Å²) in [6.07, 6.45) is 0.681. The van der Waals surface area contributed by atoms with E-state index in [9.17, 15) is 4.79 Å². The van der Waals surface area contributed by atoms with Crippen LogP contribution in [0.2, 0.25) is 0 Å². The number of methoxy groups -OCH3 is 1. The maximum absolute atomic E-state index is 11.7. The van der Waals surface area contributed by atoms with Gasteiger partial charge < -0.3 is 25.0 Å². The first-order chi connectivity index (χ1) is 13.3. The molecule has 28 heavy (non-hydrogen) atoms. The van der Waals surface area contributed by atoms with Gasteiger partial charge in [0, 0.05) is 32.1 Å². The first kappa shape index (κ1) is 21.9. The van der Waals surface area contributed by atoms with Crippen molar-refractivity contribution in [1.82, 2.24) is 15.5 Å². The summed E-state index contributed by atoms with van der Waals surface area (Å²) in [5.41, 5.74) is 0.833. The monoisotopic (exact) mass is 390 g/mol.